The largest absolute Gasteiger partial charge is 0.492 e. The van der Waals surface area contributed by atoms with E-state index < -0.39 is 0 Å². The van der Waals surface area contributed by atoms with E-state index in [2.05, 4.69) is 12.1 Å². The van der Waals surface area contributed by atoms with Crippen molar-refractivity contribution >= 4 is 0 Å². The minimum Gasteiger partial charge on any atom is -0.492 e. The van der Waals surface area contributed by atoms with E-state index in [4.69, 9.17) is 9.47 Å². The van der Waals surface area contributed by atoms with Crippen molar-refractivity contribution in [1.82, 2.24) is 0 Å². The Balaban J connectivity index is 2.57. The number of ether oxygens (including phenoxy) is 2. The van der Waals surface area contributed by atoms with Gasteiger partial charge in [0.05, 0.1) is 14.2 Å². The summed E-state index contributed by atoms with van der Waals surface area (Å²) in [5.74, 6) is 1.32. The summed E-state index contributed by atoms with van der Waals surface area (Å²) in [6, 6.07) is 17.5. The fourth-order valence-corrected chi connectivity index (χ4v) is 1.61. The molecule has 0 amide bonds. The summed E-state index contributed by atoms with van der Waals surface area (Å²) in [5, 5.41) is 0. The second kappa shape index (κ2) is 4.71. The van der Waals surface area contributed by atoms with Crippen LogP contribution >= 0.6 is 0 Å². The Kier molecular flexibility index (Phi) is 3.10. The lowest BCUT2D eigenvalue weighted by Gasteiger charge is -2.11. The highest BCUT2D eigenvalue weighted by Gasteiger charge is 2.10. The molecule has 2 aromatic carbocycles. The van der Waals surface area contributed by atoms with Crippen LogP contribution in [0.25, 0.3) is 11.1 Å². The van der Waals surface area contributed by atoms with Gasteiger partial charge in [0.2, 0.25) is 0 Å². The SMILES string of the molecule is COc1[c]ccc(-c2cc[c]cc2)c1OC. The van der Waals surface area contributed by atoms with Crippen molar-refractivity contribution in [2.45, 2.75) is 0 Å². The standard InChI is InChI=1S/C14H12O2/c1-15-13-10-6-9-12(14(13)16-2)11-7-4-3-5-8-11/h4-9H,1-2H3. The van der Waals surface area contributed by atoms with E-state index in [9.17, 15) is 0 Å². The van der Waals surface area contributed by atoms with Gasteiger partial charge in [-0.15, -0.1) is 0 Å². The van der Waals surface area contributed by atoms with Crippen molar-refractivity contribution in [3.8, 4) is 22.6 Å². The van der Waals surface area contributed by atoms with Gasteiger partial charge in [-0.3, -0.25) is 0 Å². The van der Waals surface area contributed by atoms with E-state index in [0.717, 1.165) is 11.1 Å². The van der Waals surface area contributed by atoms with Crippen LogP contribution in [0, 0.1) is 12.1 Å². The molecule has 0 saturated heterocycles. The molecule has 80 valence electrons. The average Bonchev–Trinajstić information content (AvgIpc) is 2.38. The normalized spacial score (nSPS) is 9.88. The molecule has 0 aromatic heterocycles. The second-order valence-electron chi connectivity index (χ2n) is 3.25. The van der Waals surface area contributed by atoms with Crippen LogP contribution < -0.4 is 9.47 Å². The van der Waals surface area contributed by atoms with Crippen molar-refractivity contribution in [3.63, 3.8) is 0 Å². The summed E-state index contributed by atoms with van der Waals surface area (Å²) < 4.78 is 10.6. The molecule has 0 atom stereocenters. The first-order valence-electron chi connectivity index (χ1n) is 4.96. The van der Waals surface area contributed by atoms with Gasteiger partial charge in [0.15, 0.2) is 11.5 Å². The van der Waals surface area contributed by atoms with Crippen LogP contribution in [0.2, 0.25) is 0 Å². The van der Waals surface area contributed by atoms with Crippen molar-refractivity contribution in [3.05, 3.63) is 48.5 Å². The Morgan fingerprint density at radius 2 is 1.69 bits per heavy atom. The third-order valence-corrected chi connectivity index (χ3v) is 2.35. The second-order valence-corrected chi connectivity index (χ2v) is 3.25. The van der Waals surface area contributed by atoms with Gasteiger partial charge in [-0.2, -0.15) is 0 Å². The van der Waals surface area contributed by atoms with Crippen LogP contribution in [-0.2, 0) is 0 Å². The van der Waals surface area contributed by atoms with Crippen molar-refractivity contribution < 1.29 is 9.47 Å². The minimum atomic E-state index is 0.618. The first-order chi connectivity index (χ1) is 7.86. The number of benzene rings is 2. The molecular weight excluding hydrogens is 200 g/mol. The zero-order valence-corrected chi connectivity index (χ0v) is 9.28. The Bertz CT molecular complexity index is 463. The zero-order valence-electron chi connectivity index (χ0n) is 9.28. The van der Waals surface area contributed by atoms with Gasteiger partial charge >= 0.3 is 0 Å². The maximum atomic E-state index is 5.36. The third-order valence-electron chi connectivity index (χ3n) is 2.35. The summed E-state index contributed by atoms with van der Waals surface area (Å²) >= 11 is 0. The molecule has 2 rings (SSSR count). The van der Waals surface area contributed by atoms with Gasteiger partial charge < -0.3 is 9.47 Å². The van der Waals surface area contributed by atoms with Crippen LogP contribution in [0.3, 0.4) is 0 Å². The Morgan fingerprint density at radius 1 is 0.938 bits per heavy atom. The monoisotopic (exact) mass is 212 g/mol. The Hall–Kier alpha value is -1.96. The maximum Gasteiger partial charge on any atom is 0.169 e. The molecule has 2 aromatic rings. The molecule has 0 bridgehead atoms. The van der Waals surface area contributed by atoms with Gasteiger partial charge in [0, 0.05) is 11.6 Å². The third kappa shape index (κ3) is 1.87. The smallest absolute Gasteiger partial charge is 0.169 e. The predicted octanol–water partition coefficient (Wildman–Crippen LogP) is 2.97. The lowest BCUT2D eigenvalue weighted by Crippen LogP contribution is -1.93. The topological polar surface area (TPSA) is 18.5 Å². The molecule has 16 heavy (non-hydrogen) atoms. The highest BCUT2D eigenvalue weighted by Crippen LogP contribution is 2.36. The van der Waals surface area contributed by atoms with Crippen LogP contribution in [0.15, 0.2) is 36.4 Å². The van der Waals surface area contributed by atoms with Gasteiger partial charge in [-0.25, -0.2) is 0 Å². The van der Waals surface area contributed by atoms with E-state index in [1.807, 2.05) is 36.4 Å². The molecule has 0 aliphatic carbocycles. The molecule has 2 radical (unpaired) electrons. The average molecular weight is 212 g/mol. The fourth-order valence-electron chi connectivity index (χ4n) is 1.61. The first kappa shape index (κ1) is 10.6. The van der Waals surface area contributed by atoms with Gasteiger partial charge in [-0.1, -0.05) is 24.3 Å². The van der Waals surface area contributed by atoms with Crippen LogP contribution in [0.1, 0.15) is 0 Å². The zero-order chi connectivity index (χ0) is 11.4. The van der Waals surface area contributed by atoms with E-state index in [1.165, 1.54) is 0 Å². The first-order valence-corrected chi connectivity index (χ1v) is 4.96. The summed E-state index contributed by atoms with van der Waals surface area (Å²) in [5.41, 5.74) is 2.06. The van der Waals surface area contributed by atoms with Gasteiger partial charge in [0.25, 0.3) is 0 Å². The molecule has 0 fully saturated rings. The van der Waals surface area contributed by atoms with E-state index in [-0.39, 0.29) is 0 Å². The summed E-state index contributed by atoms with van der Waals surface area (Å²) in [6.45, 7) is 0. The lowest BCUT2D eigenvalue weighted by atomic mass is 10.0. The number of hydrogen-bond donors (Lipinski definition) is 0. The van der Waals surface area contributed by atoms with E-state index >= 15 is 0 Å². The van der Waals surface area contributed by atoms with Crippen molar-refractivity contribution in [1.29, 1.82) is 0 Å². The van der Waals surface area contributed by atoms with Crippen LogP contribution in [-0.4, -0.2) is 14.2 Å². The Morgan fingerprint density at radius 3 is 2.31 bits per heavy atom. The molecule has 2 nitrogen and oxygen atoms in total. The number of methoxy groups -OCH3 is 2. The van der Waals surface area contributed by atoms with E-state index in [1.54, 1.807) is 14.2 Å². The highest BCUT2D eigenvalue weighted by molar-refractivity contribution is 5.73. The molecule has 0 unspecified atom stereocenters. The minimum absolute atomic E-state index is 0.618. The van der Waals surface area contributed by atoms with Crippen LogP contribution in [0.5, 0.6) is 11.5 Å². The molecule has 0 N–H and O–H groups in total. The lowest BCUT2D eigenvalue weighted by molar-refractivity contribution is 0.355. The molecule has 0 heterocycles. The van der Waals surface area contributed by atoms with Crippen LogP contribution in [0.4, 0.5) is 0 Å². The predicted molar refractivity (Wildman–Crippen MR) is 62.7 cm³/mol. The highest BCUT2D eigenvalue weighted by atomic mass is 16.5. The summed E-state index contributed by atoms with van der Waals surface area (Å²) in [4.78, 5) is 0. The molecule has 0 aliphatic heterocycles. The molecule has 2 heteroatoms. The molecule has 0 saturated carbocycles. The summed E-state index contributed by atoms with van der Waals surface area (Å²) in [7, 11) is 3.24. The van der Waals surface area contributed by atoms with Gasteiger partial charge in [-0.05, 0) is 23.8 Å². The van der Waals surface area contributed by atoms with E-state index in [0.29, 0.717) is 11.5 Å². The number of rotatable bonds is 3. The number of hydrogen-bond acceptors (Lipinski definition) is 2. The van der Waals surface area contributed by atoms with Crippen molar-refractivity contribution in [2.24, 2.45) is 0 Å². The molecule has 0 aliphatic rings. The van der Waals surface area contributed by atoms with Gasteiger partial charge in [0.1, 0.15) is 0 Å². The molecular formula is C14H12O2. The Labute approximate surface area is 95.4 Å². The molecule has 0 spiro atoms. The summed E-state index contributed by atoms with van der Waals surface area (Å²) in [6.07, 6.45) is 0. The van der Waals surface area contributed by atoms with Crippen molar-refractivity contribution in [2.75, 3.05) is 14.2 Å². The fraction of sp³-hybridized carbons (Fsp3) is 0.143. The maximum absolute atomic E-state index is 5.36. The quantitative estimate of drug-likeness (QED) is 0.778.